The molecule has 0 spiro atoms. The summed E-state index contributed by atoms with van der Waals surface area (Å²) >= 11 is 5.58. The van der Waals surface area contributed by atoms with E-state index in [0.29, 0.717) is 12.1 Å². The molecular weight excluding hydrogens is 254 g/mol. The molecule has 1 aromatic carbocycles. The molecule has 1 N–H and O–H groups in total. The number of hydrogen-bond donors (Lipinski definition) is 1. The lowest BCUT2D eigenvalue weighted by atomic mass is 9.95. The molecule has 0 aliphatic rings. The molecule has 0 aromatic heterocycles. The number of rotatable bonds is 4. The summed E-state index contributed by atoms with van der Waals surface area (Å²) in [4.78, 5) is 22.5. The zero-order chi connectivity index (χ0) is 13.2. The molecule has 92 valence electrons. The number of benzene rings is 1. The van der Waals surface area contributed by atoms with Gasteiger partial charge in [0.05, 0.1) is 5.02 Å². The average Bonchev–Trinajstić information content (AvgIpc) is 2.23. The van der Waals surface area contributed by atoms with Crippen molar-refractivity contribution in [2.75, 3.05) is 0 Å². The van der Waals surface area contributed by atoms with E-state index in [1.807, 2.05) is 0 Å². The van der Waals surface area contributed by atoms with Gasteiger partial charge < -0.3 is 5.11 Å². The van der Waals surface area contributed by atoms with Crippen molar-refractivity contribution in [1.29, 1.82) is 0 Å². The summed E-state index contributed by atoms with van der Waals surface area (Å²) in [5, 5.41) is 8.49. The van der Waals surface area contributed by atoms with E-state index in [-0.39, 0.29) is 17.0 Å². The maximum atomic E-state index is 13.0. The first-order chi connectivity index (χ1) is 7.88. The lowest BCUT2D eigenvalue weighted by Gasteiger charge is -2.10. The van der Waals surface area contributed by atoms with Gasteiger partial charge in [0.2, 0.25) is 0 Å². The Bertz CT molecular complexity index is 474. The van der Waals surface area contributed by atoms with Crippen LogP contribution >= 0.6 is 11.6 Å². The highest BCUT2D eigenvalue weighted by Gasteiger charge is 2.27. The van der Waals surface area contributed by atoms with Crippen LogP contribution in [0.4, 0.5) is 8.78 Å². The molecule has 0 saturated heterocycles. The van der Waals surface area contributed by atoms with Crippen molar-refractivity contribution in [3.8, 4) is 0 Å². The van der Waals surface area contributed by atoms with Crippen LogP contribution in [0.5, 0.6) is 0 Å². The van der Waals surface area contributed by atoms with Gasteiger partial charge >= 0.3 is 5.97 Å². The van der Waals surface area contributed by atoms with Crippen LogP contribution in [-0.2, 0) is 4.79 Å². The zero-order valence-corrected chi connectivity index (χ0v) is 9.59. The van der Waals surface area contributed by atoms with Gasteiger partial charge in [-0.2, -0.15) is 0 Å². The number of carboxylic acid groups (broad SMARTS) is 1. The molecule has 0 heterocycles. The number of carboxylic acids is 1. The second-order valence-corrected chi connectivity index (χ2v) is 3.82. The van der Waals surface area contributed by atoms with E-state index in [1.165, 1.54) is 6.92 Å². The van der Waals surface area contributed by atoms with Crippen LogP contribution < -0.4 is 0 Å². The fourth-order valence-electron chi connectivity index (χ4n) is 1.37. The van der Waals surface area contributed by atoms with Gasteiger partial charge in [-0.25, -0.2) is 8.78 Å². The summed E-state index contributed by atoms with van der Waals surface area (Å²) in [7, 11) is 0. The number of halogens is 3. The van der Waals surface area contributed by atoms with Gasteiger partial charge in [-0.15, -0.1) is 0 Å². The minimum atomic E-state index is -1.32. The van der Waals surface area contributed by atoms with E-state index in [9.17, 15) is 18.4 Å². The van der Waals surface area contributed by atoms with E-state index in [1.54, 1.807) is 0 Å². The van der Waals surface area contributed by atoms with Crippen molar-refractivity contribution >= 4 is 23.4 Å². The number of carbonyl (C=O) groups excluding carboxylic acids is 1. The standard InChI is InChI=1S/C11H9ClF2O3/c1-2-5(11(16)17)10(15)6-3-8(13)9(14)4-7(6)12/h3-5H,2H2,1H3,(H,16,17). The molecule has 0 fully saturated rings. The third-order valence-electron chi connectivity index (χ3n) is 2.30. The SMILES string of the molecule is CCC(C(=O)O)C(=O)c1cc(F)c(F)cc1Cl. The highest BCUT2D eigenvalue weighted by atomic mass is 35.5. The molecule has 0 radical (unpaired) electrons. The first-order valence-electron chi connectivity index (χ1n) is 4.80. The molecule has 0 saturated carbocycles. The van der Waals surface area contributed by atoms with E-state index >= 15 is 0 Å². The lowest BCUT2D eigenvalue weighted by Crippen LogP contribution is -2.23. The topological polar surface area (TPSA) is 54.4 Å². The molecule has 3 nitrogen and oxygen atoms in total. The first kappa shape index (κ1) is 13.6. The van der Waals surface area contributed by atoms with Crippen molar-refractivity contribution in [2.24, 2.45) is 5.92 Å². The second-order valence-electron chi connectivity index (χ2n) is 3.41. The van der Waals surface area contributed by atoms with Gasteiger partial charge in [0.1, 0.15) is 5.92 Å². The Kier molecular flexibility index (Phi) is 4.17. The maximum absolute atomic E-state index is 13.0. The number of Topliss-reactive ketones (excluding diaryl/α,β-unsaturated/α-hetero) is 1. The third-order valence-corrected chi connectivity index (χ3v) is 2.61. The Labute approximate surface area is 101 Å². The molecule has 1 aromatic rings. The Morgan fingerprint density at radius 3 is 2.35 bits per heavy atom. The predicted molar refractivity (Wildman–Crippen MR) is 57.1 cm³/mol. The zero-order valence-electron chi connectivity index (χ0n) is 8.84. The van der Waals surface area contributed by atoms with E-state index in [2.05, 4.69) is 0 Å². The van der Waals surface area contributed by atoms with Crippen molar-refractivity contribution in [2.45, 2.75) is 13.3 Å². The van der Waals surface area contributed by atoms with Crippen molar-refractivity contribution in [3.63, 3.8) is 0 Å². The van der Waals surface area contributed by atoms with Gasteiger partial charge in [0, 0.05) is 5.56 Å². The molecule has 1 unspecified atom stereocenters. The molecular formula is C11H9ClF2O3. The summed E-state index contributed by atoms with van der Waals surface area (Å²) < 4.78 is 25.7. The summed E-state index contributed by atoms with van der Waals surface area (Å²) in [5.41, 5.74) is -0.320. The first-order valence-corrected chi connectivity index (χ1v) is 5.17. The monoisotopic (exact) mass is 262 g/mol. The lowest BCUT2D eigenvalue weighted by molar-refractivity contribution is -0.140. The molecule has 0 aliphatic heterocycles. The number of hydrogen-bond acceptors (Lipinski definition) is 2. The fraction of sp³-hybridized carbons (Fsp3) is 0.273. The smallest absolute Gasteiger partial charge is 0.314 e. The normalized spacial score (nSPS) is 12.2. The molecule has 0 aliphatic carbocycles. The maximum Gasteiger partial charge on any atom is 0.314 e. The molecule has 0 bridgehead atoms. The minimum Gasteiger partial charge on any atom is -0.481 e. The van der Waals surface area contributed by atoms with E-state index < -0.39 is 29.3 Å². The summed E-state index contributed by atoms with van der Waals surface area (Å²) in [5.74, 6) is -5.88. The molecule has 17 heavy (non-hydrogen) atoms. The number of ketones is 1. The van der Waals surface area contributed by atoms with Gasteiger partial charge in [-0.05, 0) is 18.6 Å². The van der Waals surface area contributed by atoms with Gasteiger partial charge in [-0.3, -0.25) is 9.59 Å². The summed E-state index contributed by atoms with van der Waals surface area (Å²) in [6, 6.07) is 1.27. The van der Waals surface area contributed by atoms with Gasteiger partial charge in [0.15, 0.2) is 17.4 Å². The van der Waals surface area contributed by atoms with Crippen LogP contribution in [0.15, 0.2) is 12.1 Å². The Balaban J connectivity index is 3.20. The largest absolute Gasteiger partial charge is 0.481 e. The van der Waals surface area contributed by atoms with Gasteiger partial charge in [0.25, 0.3) is 0 Å². The fourth-order valence-corrected chi connectivity index (χ4v) is 1.61. The predicted octanol–water partition coefficient (Wildman–Crippen LogP) is 2.91. The van der Waals surface area contributed by atoms with E-state index in [0.717, 1.165) is 0 Å². The summed E-state index contributed by atoms with van der Waals surface area (Å²) in [6.45, 7) is 1.50. The Hall–Kier alpha value is -1.49. The van der Waals surface area contributed by atoms with Crippen LogP contribution in [0.25, 0.3) is 0 Å². The molecule has 0 amide bonds. The quantitative estimate of drug-likeness (QED) is 0.516. The van der Waals surface area contributed by atoms with Gasteiger partial charge in [-0.1, -0.05) is 18.5 Å². The van der Waals surface area contributed by atoms with Crippen LogP contribution in [-0.4, -0.2) is 16.9 Å². The minimum absolute atomic E-state index is 0.0451. The van der Waals surface area contributed by atoms with Crippen LogP contribution in [0.3, 0.4) is 0 Å². The van der Waals surface area contributed by atoms with Crippen LogP contribution in [0, 0.1) is 17.6 Å². The Morgan fingerprint density at radius 2 is 1.88 bits per heavy atom. The molecule has 6 heteroatoms. The van der Waals surface area contributed by atoms with E-state index in [4.69, 9.17) is 16.7 Å². The average molecular weight is 263 g/mol. The second kappa shape index (κ2) is 5.23. The highest BCUT2D eigenvalue weighted by molar-refractivity contribution is 6.34. The van der Waals surface area contributed by atoms with Crippen molar-refractivity contribution < 1.29 is 23.5 Å². The third kappa shape index (κ3) is 2.79. The van der Waals surface area contributed by atoms with Crippen molar-refractivity contribution in [3.05, 3.63) is 34.4 Å². The molecule has 1 atom stereocenters. The highest BCUT2D eigenvalue weighted by Crippen LogP contribution is 2.24. The van der Waals surface area contributed by atoms with Crippen LogP contribution in [0.2, 0.25) is 5.02 Å². The number of carbonyl (C=O) groups is 2. The number of aliphatic carboxylic acids is 1. The summed E-state index contributed by atoms with van der Waals surface area (Å²) in [6.07, 6.45) is 0.0451. The van der Waals surface area contributed by atoms with Crippen molar-refractivity contribution in [1.82, 2.24) is 0 Å². The van der Waals surface area contributed by atoms with Crippen LogP contribution in [0.1, 0.15) is 23.7 Å². The molecule has 1 rings (SSSR count). The Morgan fingerprint density at radius 1 is 1.35 bits per heavy atom.